The number of imidazole rings is 1. The average Bonchev–Trinajstić information content (AvgIpc) is 3.39. The van der Waals surface area contributed by atoms with Gasteiger partial charge in [0.2, 0.25) is 5.72 Å². The number of rotatable bonds is 4. The van der Waals surface area contributed by atoms with E-state index in [1.54, 1.807) is 25.6 Å². The second kappa shape index (κ2) is 7.82. The summed E-state index contributed by atoms with van der Waals surface area (Å²) in [5.74, 6) is 1.33. The molecule has 1 fully saturated rings. The van der Waals surface area contributed by atoms with Crippen LogP contribution in [0.4, 0.5) is 4.39 Å². The maximum Gasteiger partial charge on any atom is 0.234 e. The van der Waals surface area contributed by atoms with Crippen molar-refractivity contribution < 1.29 is 14.0 Å². The first-order valence-electron chi connectivity index (χ1n) is 10.7. The van der Waals surface area contributed by atoms with Crippen LogP contribution in [0.15, 0.2) is 65.7 Å². The van der Waals surface area contributed by atoms with E-state index in [1.807, 2.05) is 36.7 Å². The molecule has 0 aliphatic carbocycles. The molecule has 1 aromatic heterocycles. The van der Waals surface area contributed by atoms with E-state index in [0.717, 1.165) is 59.1 Å². The van der Waals surface area contributed by atoms with Crippen molar-refractivity contribution in [2.45, 2.75) is 32.4 Å². The minimum atomic E-state index is -0.747. The van der Waals surface area contributed by atoms with Gasteiger partial charge in [-0.25, -0.2) is 9.37 Å². The number of aromatic nitrogens is 2. The highest BCUT2D eigenvalue weighted by atomic mass is 19.1. The summed E-state index contributed by atoms with van der Waals surface area (Å²) < 4.78 is 21.0. The summed E-state index contributed by atoms with van der Waals surface area (Å²) in [6, 6.07) is 12.5. The first kappa shape index (κ1) is 20.3. The van der Waals surface area contributed by atoms with E-state index in [4.69, 9.17) is 9.57 Å². The van der Waals surface area contributed by atoms with Gasteiger partial charge in [0.05, 0.1) is 24.8 Å². The molecule has 7 heteroatoms. The van der Waals surface area contributed by atoms with Crippen LogP contribution in [0, 0.1) is 12.7 Å². The van der Waals surface area contributed by atoms with Crippen LogP contribution in [-0.4, -0.2) is 33.9 Å². The molecule has 6 nitrogen and oxygen atoms in total. The van der Waals surface area contributed by atoms with Gasteiger partial charge in [-0.3, -0.25) is 0 Å². The van der Waals surface area contributed by atoms with Crippen LogP contribution >= 0.6 is 0 Å². The first-order chi connectivity index (χ1) is 15.5. The van der Waals surface area contributed by atoms with Crippen LogP contribution in [0.25, 0.3) is 11.8 Å². The van der Waals surface area contributed by atoms with Crippen molar-refractivity contribution in [2.24, 2.45) is 5.16 Å². The maximum absolute atomic E-state index is 13.4. The zero-order chi connectivity index (χ0) is 22.3. The van der Waals surface area contributed by atoms with Gasteiger partial charge < -0.3 is 19.0 Å². The molecule has 0 amide bonds. The number of methoxy groups -OCH3 is 1. The van der Waals surface area contributed by atoms with Gasteiger partial charge in [-0.15, -0.1) is 0 Å². The SMILES string of the molecule is COc1cc(/C=C2\CCCN3C2=NO[C@@]3(C)c2ccc(F)cc2)ccc1-n1cnc(C)c1. The number of hydrogen-bond acceptors (Lipinski definition) is 5. The standard InChI is InChI=1S/C25H25FN4O2/c1-17-15-29(16-27-17)22-11-6-18(14-23(22)31-3)13-19-5-4-12-30-24(19)28-32-25(30,2)20-7-9-21(26)10-8-20/h6-11,13-16H,4-5,12H2,1-3H3/b19-13+/t25-/m0/s1. The van der Waals surface area contributed by atoms with E-state index in [1.165, 1.54) is 12.1 Å². The summed E-state index contributed by atoms with van der Waals surface area (Å²) in [5.41, 5.74) is 4.15. The van der Waals surface area contributed by atoms with E-state index in [0.29, 0.717) is 0 Å². The van der Waals surface area contributed by atoms with E-state index in [9.17, 15) is 4.39 Å². The summed E-state index contributed by atoms with van der Waals surface area (Å²) in [6.45, 7) is 4.76. The fourth-order valence-electron chi connectivity index (χ4n) is 4.38. The van der Waals surface area contributed by atoms with E-state index in [2.05, 4.69) is 27.2 Å². The van der Waals surface area contributed by atoms with Crippen LogP contribution in [0.2, 0.25) is 0 Å². The quantitative estimate of drug-likeness (QED) is 0.581. The van der Waals surface area contributed by atoms with Gasteiger partial charge in [0.25, 0.3) is 0 Å². The number of ether oxygens (including phenoxy) is 1. The fourth-order valence-corrected chi connectivity index (χ4v) is 4.38. The molecular formula is C25H25FN4O2. The van der Waals surface area contributed by atoms with Gasteiger partial charge in [-0.2, -0.15) is 0 Å². The summed E-state index contributed by atoms with van der Waals surface area (Å²) in [6.07, 6.45) is 7.77. The zero-order valence-electron chi connectivity index (χ0n) is 18.4. The topological polar surface area (TPSA) is 51.9 Å². The van der Waals surface area contributed by atoms with Gasteiger partial charge >= 0.3 is 0 Å². The van der Waals surface area contributed by atoms with Crippen LogP contribution in [0.1, 0.15) is 36.6 Å². The molecule has 5 rings (SSSR count). The lowest BCUT2D eigenvalue weighted by Crippen LogP contribution is -2.46. The summed E-state index contributed by atoms with van der Waals surface area (Å²) in [7, 11) is 1.67. The molecule has 2 aromatic carbocycles. The van der Waals surface area contributed by atoms with Gasteiger partial charge in [0.15, 0.2) is 5.84 Å². The summed E-state index contributed by atoms with van der Waals surface area (Å²) >= 11 is 0. The van der Waals surface area contributed by atoms with Gasteiger partial charge in [-0.1, -0.05) is 23.4 Å². The highest BCUT2D eigenvalue weighted by molar-refractivity contribution is 6.03. The normalized spacial score (nSPS) is 21.3. The maximum atomic E-state index is 13.4. The Morgan fingerprint density at radius 1 is 1.19 bits per heavy atom. The molecular weight excluding hydrogens is 407 g/mol. The number of halogens is 1. The Morgan fingerprint density at radius 3 is 2.72 bits per heavy atom. The van der Waals surface area contributed by atoms with Crippen molar-refractivity contribution in [1.29, 1.82) is 0 Å². The number of fused-ring (bicyclic) bond motifs is 1. The predicted molar refractivity (Wildman–Crippen MR) is 121 cm³/mol. The number of nitrogens with zero attached hydrogens (tertiary/aromatic N) is 4. The van der Waals surface area contributed by atoms with Crippen molar-refractivity contribution in [1.82, 2.24) is 14.5 Å². The van der Waals surface area contributed by atoms with Gasteiger partial charge in [-0.05, 0) is 61.2 Å². The third-order valence-electron chi connectivity index (χ3n) is 6.11. The zero-order valence-corrected chi connectivity index (χ0v) is 18.4. The number of piperidine rings is 1. The van der Waals surface area contributed by atoms with Crippen LogP contribution < -0.4 is 4.74 Å². The third kappa shape index (κ3) is 3.43. The molecule has 0 spiro atoms. The molecule has 0 bridgehead atoms. The number of benzene rings is 2. The molecule has 2 aliphatic heterocycles. The molecule has 0 radical (unpaired) electrons. The number of hydrogen-bond donors (Lipinski definition) is 0. The lowest BCUT2D eigenvalue weighted by molar-refractivity contribution is -0.0913. The van der Waals surface area contributed by atoms with Gasteiger partial charge in [0.1, 0.15) is 11.6 Å². The second-order valence-corrected chi connectivity index (χ2v) is 8.27. The molecule has 164 valence electrons. The molecule has 0 N–H and O–H groups in total. The summed E-state index contributed by atoms with van der Waals surface area (Å²) in [4.78, 5) is 12.4. The van der Waals surface area contributed by atoms with Crippen LogP contribution in [-0.2, 0) is 10.6 Å². The fraction of sp³-hybridized carbons (Fsp3) is 0.280. The Hall–Kier alpha value is -3.61. The molecule has 0 saturated carbocycles. The Kier molecular flexibility index (Phi) is 4.96. The van der Waals surface area contributed by atoms with E-state index >= 15 is 0 Å². The molecule has 3 aromatic rings. The monoisotopic (exact) mass is 432 g/mol. The predicted octanol–water partition coefficient (Wildman–Crippen LogP) is 5.02. The van der Waals surface area contributed by atoms with Crippen molar-refractivity contribution in [2.75, 3.05) is 13.7 Å². The minimum Gasteiger partial charge on any atom is -0.495 e. The Bertz CT molecular complexity index is 1210. The Morgan fingerprint density at radius 2 is 2.00 bits per heavy atom. The second-order valence-electron chi connectivity index (χ2n) is 8.27. The highest BCUT2D eigenvalue weighted by Gasteiger charge is 2.45. The van der Waals surface area contributed by atoms with E-state index < -0.39 is 5.72 Å². The smallest absolute Gasteiger partial charge is 0.234 e. The molecule has 0 unspecified atom stereocenters. The lowest BCUT2D eigenvalue weighted by Gasteiger charge is -2.37. The molecule has 1 saturated heterocycles. The molecule has 1 atom stereocenters. The average molecular weight is 432 g/mol. The number of aryl methyl sites for hydroxylation is 1. The highest BCUT2D eigenvalue weighted by Crippen LogP contribution is 2.40. The minimum absolute atomic E-state index is 0.265. The number of oxime groups is 1. The van der Waals surface area contributed by atoms with Crippen LogP contribution in [0.3, 0.4) is 0 Å². The Balaban J connectivity index is 1.45. The molecule has 32 heavy (non-hydrogen) atoms. The largest absolute Gasteiger partial charge is 0.495 e. The lowest BCUT2D eigenvalue weighted by atomic mass is 9.95. The summed E-state index contributed by atoms with van der Waals surface area (Å²) in [5, 5.41) is 4.43. The Labute approximate surface area is 186 Å². The van der Waals surface area contributed by atoms with Crippen molar-refractivity contribution in [3.05, 3.63) is 83.2 Å². The van der Waals surface area contributed by atoms with Crippen molar-refractivity contribution in [3.63, 3.8) is 0 Å². The van der Waals surface area contributed by atoms with Crippen molar-refractivity contribution >= 4 is 11.9 Å². The first-order valence-corrected chi connectivity index (χ1v) is 10.7. The molecule has 3 heterocycles. The van der Waals surface area contributed by atoms with E-state index in [-0.39, 0.29) is 5.82 Å². The van der Waals surface area contributed by atoms with Crippen LogP contribution in [0.5, 0.6) is 5.75 Å². The third-order valence-corrected chi connectivity index (χ3v) is 6.11. The number of amidine groups is 1. The van der Waals surface area contributed by atoms with Gasteiger partial charge in [0, 0.05) is 25.2 Å². The van der Waals surface area contributed by atoms with Crippen molar-refractivity contribution in [3.8, 4) is 11.4 Å². The molecule has 2 aliphatic rings.